The summed E-state index contributed by atoms with van der Waals surface area (Å²) in [4.78, 5) is 22.4. The van der Waals surface area contributed by atoms with Gasteiger partial charge in [0.1, 0.15) is 0 Å². The molecule has 1 amide bonds. The number of nitrogens with one attached hydrogen (secondary N) is 1. The van der Waals surface area contributed by atoms with Crippen molar-refractivity contribution in [2.45, 2.75) is 32.6 Å². The van der Waals surface area contributed by atoms with Gasteiger partial charge in [0.15, 0.2) is 0 Å². The van der Waals surface area contributed by atoms with Gasteiger partial charge >= 0.3 is 5.97 Å². The van der Waals surface area contributed by atoms with E-state index in [1.807, 2.05) is 6.92 Å². The fourth-order valence-corrected chi connectivity index (χ4v) is 2.05. The zero-order valence-electron chi connectivity index (χ0n) is 11.8. The van der Waals surface area contributed by atoms with E-state index in [9.17, 15) is 9.59 Å². The Balaban J connectivity index is 2.35. The number of aliphatic carboxylic acids is 1. The Morgan fingerprint density at radius 2 is 2.10 bits per heavy atom. The molecule has 0 saturated heterocycles. The molecule has 0 aromatic heterocycles. The first-order valence-electron chi connectivity index (χ1n) is 6.88. The lowest BCUT2D eigenvalue weighted by Gasteiger charge is -2.14. The quantitative estimate of drug-likeness (QED) is 0.636. The van der Waals surface area contributed by atoms with Crippen LogP contribution in [0.3, 0.4) is 0 Å². The third-order valence-electron chi connectivity index (χ3n) is 3.33. The molecular formula is C15H22N2O3. The standard InChI is InChI=1S/C15H22N2O3/c1-2-11(6-7-14(18)19)8-9-17-15(20)12-4-3-5-13(16)10-12/h3-5,10-11H,2,6-9,16H2,1H3,(H,17,20)(H,18,19). The molecule has 1 atom stereocenters. The Labute approximate surface area is 119 Å². The van der Waals surface area contributed by atoms with Crippen molar-refractivity contribution in [3.8, 4) is 0 Å². The number of rotatable bonds is 8. The average molecular weight is 278 g/mol. The number of hydrogen-bond donors (Lipinski definition) is 3. The lowest BCUT2D eigenvalue weighted by molar-refractivity contribution is -0.137. The number of carbonyl (C=O) groups is 2. The van der Waals surface area contributed by atoms with Crippen LogP contribution in [0.25, 0.3) is 0 Å². The van der Waals surface area contributed by atoms with Crippen molar-refractivity contribution in [3.63, 3.8) is 0 Å². The van der Waals surface area contributed by atoms with E-state index < -0.39 is 5.97 Å². The second-order valence-corrected chi connectivity index (χ2v) is 4.88. The van der Waals surface area contributed by atoms with Gasteiger partial charge in [-0.3, -0.25) is 9.59 Å². The van der Waals surface area contributed by atoms with Crippen LogP contribution in [-0.4, -0.2) is 23.5 Å². The highest BCUT2D eigenvalue weighted by molar-refractivity contribution is 5.94. The van der Waals surface area contributed by atoms with Gasteiger partial charge in [-0.25, -0.2) is 0 Å². The number of carbonyl (C=O) groups excluding carboxylic acids is 1. The van der Waals surface area contributed by atoms with Crippen LogP contribution >= 0.6 is 0 Å². The number of amides is 1. The third-order valence-corrected chi connectivity index (χ3v) is 3.33. The van der Waals surface area contributed by atoms with E-state index in [2.05, 4.69) is 5.32 Å². The summed E-state index contributed by atoms with van der Waals surface area (Å²) < 4.78 is 0. The van der Waals surface area contributed by atoms with Crippen molar-refractivity contribution < 1.29 is 14.7 Å². The number of anilines is 1. The number of nitrogens with two attached hydrogens (primary N) is 1. The summed E-state index contributed by atoms with van der Waals surface area (Å²) in [6.45, 7) is 2.58. The van der Waals surface area contributed by atoms with Crippen LogP contribution in [0, 0.1) is 5.92 Å². The first-order chi connectivity index (χ1) is 9.52. The monoisotopic (exact) mass is 278 g/mol. The molecule has 0 fully saturated rings. The van der Waals surface area contributed by atoms with Crippen molar-refractivity contribution >= 4 is 17.6 Å². The van der Waals surface area contributed by atoms with Gasteiger partial charge < -0.3 is 16.2 Å². The van der Waals surface area contributed by atoms with E-state index in [0.717, 1.165) is 12.8 Å². The average Bonchev–Trinajstić information content (AvgIpc) is 2.42. The molecule has 0 heterocycles. The molecule has 110 valence electrons. The zero-order chi connectivity index (χ0) is 15.0. The molecular weight excluding hydrogens is 256 g/mol. The van der Waals surface area contributed by atoms with E-state index in [1.54, 1.807) is 24.3 Å². The van der Waals surface area contributed by atoms with E-state index in [4.69, 9.17) is 10.8 Å². The second-order valence-electron chi connectivity index (χ2n) is 4.88. The smallest absolute Gasteiger partial charge is 0.303 e. The van der Waals surface area contributed by atoms with Crippen molar-refractivity contribution in [1.82, 2.24) is 5.32 Å². The van der Waals surface area contributed by atoms with Crippen LogP contribution in [0.2, 0.25) is 0 Å². The largest absolute Gasteiger partial charge is 0.481 e. The van der Waals surface area contributed by atoms with Crippen molar-refractivity contribution in [2.24, 2.45) is 5.92 Å². The maximum atomic E-state index is 11.9. The molecule has 1 rings (SSSR count). The summed E-state index contributed by atoms with van der Waals surface area (Å²) in [6, 6.07) is 6.83. The Bertz CT molecular complexity index is 460. The van der Waals surface area contributed by atoms with Crippen LogP contribution in [0.4, 0.5) is 5.69 Å². The number of benzene rings is 1. The molecule has 0 aliphatic rings. The summed E-state index contributed by atoms with van der Waals surface area (Å²) in [5.41, 5.74) is 6.73. The second kappa shape index (κ2) is 8.19. The van der Waals surface area contributed by atoms with Gasteiger partial charge in [-0.05, 0) is 37.0 Å². The minimum absolute atomic E-state index is 0.148. The van der Waals surface area contributed by atoms with E-state index in [1.165, 1.54) is 0 Å². The number of carboxylic acids is 1. The van der Waals surface area contributed by atoms with Crippen LogP contribution < -0.4 is 11.1 Å². The first-order valence-corrected chi connectivity index (χ1v) is 6.88. The van der Waals surface area contributed by atoms with Crippen LogP contribution in [-0.2, 0) is 4.79 Å². The van der Waals surface area contributed by atoms with Gasteiger partial charge in [-0.2, -0.15) is 0 Å². The Morgan fingerprint density at radius 3 is 2.70 bits per heavy atom. The number of nitrogen functional groups attached to an aromatic ring is 1. The summed E-state index contributed by atoms with van der Waals surface area (Å²) >= 11 is 0. The molecule has 0 saturated carbocycles. The topological polar surface area (TPSA) is 92.4 Å². The minimum Gasteiger partial charge on any atom is -0.481 e. The van der Waals surface area contributed by atoms with Crippen molar-refractivity contribution in [1.29, 1.82) is 0 Å². The predicted octanol–water partition coefficient (Wildman–Crippen LogP) is 2.28. The molecule has 1 unspecified atom stereocenters. The zero-order valence-corrected chi connectivity index (χ0v) is 11.8. The van der Waals surface area contributed by atoms with Gasteiger partial charge in [0.25, 0.3) is 5.91 Å². The number of carboxylic acid groups (broad SMARTS) is 1. The van der Waals surface area contributed by atoms with Gasteiger partial charge in [0.2, 0.25) is 0 Å². The van der Waals surface area contributed by atoms with Crippen molar-refractivity contribution in [3.05, 3.63) is 29.8 Å². The maximum Gasteiger partial charge on any atom is 0.303 e. The molecule has 0 radical (unpaired) electrons. The van der Waals surface area contributed by atoms with E-state index >= 15 is 0 Å². The summed E-state index contributed by atoms with van der Waals surface area (Å²) in [7, 11) is 0. The molecule has 0 aliphatic carbocycles. The minimum atomic E-state index is -0.771. The summed E-state index contributed by atoms with van der Waals surface area (Å²) in [5.74, 6) is -0.593. The molecule has 4 N–H and O–H groups in total. The Hall–Kier alpha value is -2.04. The Morgan fingerprint density at radius 1 is 1.35 bits per heavy atom. The van der Waals surface area contributed by atoms with Gasteiger partial charge in [-0.15, -0.1) is 0 Å². The maximum absolute atomic E-state index is 11.9. The molecule has 0 aliphatic heterocycles. The fourth-order valence-electron chi connectivity index (χ4n) is 2.05. The van der Waals surface area contributed by atoms with Gasteiger partial charge in [-0.1, -0.05) is 19.4 Å². The molecule has 5 heteroatoms. The first kappa shape index (κ1) is 16.0. The predicted molar refractivity (Wildman–Crippen MR) is 78.5 cm³/mol. The fraction of sp³-hybridized carbons (Fsp3) is 0.467. The molecule has 5 nitrogen and oxygen atoms in total. The van der Waals surface area contributed by atoms with Gasteiger partial charge in [0.05, 0.1) is 0 Å². The van der Waals surface area contributed by atoms with E-state index in [-0.39, 0.29) is 12.3 Å². The molecule has 20 heavy (non-hydrogen) atoms. The highest BCUT2D eigenvalue weighted by Crippen LogP contribution is 2.15. The van der Waals surface area contributed by atoms with Gasteiger partial charge in [0, 0.05) is 24.2 Å². The summed E-state index contributed by atoms with van der Waals surface area (Å²) in [6.07, 6.45) is 2.54. The lowest BCUT2D eigenvalue weighted by atomic mass is 9.96. The van der Waals surface area contributed by atoms with Crippen LogP contribution in [0.1, 0.15) is 43.0 Å². The molecule has 1 aromatic rings. The lowest BCUT2D eigenvalue weighted by Crippen LogP contribution is -2.26. The number of hydrogen-bond acceptors (Lipinski definition) is 3. The molecule has 1 aromatic carbocycles. The van der Waals surface area contributed by atoms with Crippen molar-refractivity contribution in [2.75, 3.05) is 12.3 Å². The molecule has 0 bridgehead atoms. The van der Waals surface area contributed by atoms with E-state index in [0.29, 0.717) is 30.1 Å². The highest BCUT2D eigenvalue weighted by atomic mass is 16.4. The SMILES string of the molecule is CCC(CCNC(=O)c1cccc(N)c1)CCC(=O)O. The Kier molecular flexibility index (Phi) is 6.56. The summed E-state index contributed by atoms with van der Waals surface area (Å²) in [5, 5.41) is 11.5. The highest BCUT2D eigenvalue weighted by Gasteiger charge is 2.10. The van der Waals surface area contributed by atoms with Crippen LogP contribution in [0.15, 0.2) is 24.3 Å². The third kappa shape index (κ3) is 5.73. The normalized spacial score (nSPS) is 11.8. The van der Waals surface area contributed by atoms with Crippen LogP contribution in [0.5, 0.6) is 0 Å². The molecule has 0 spiro atoms.